The summed E-state index contributed by atoms with van der Waals surface area (Å²) < 4.78 is 16.8. The molecule has 0 aliphatic rings. The van der Waals surface area contributed by atoms with Gasteiger partial charge in [-0.1, -0.05) is 229 Å². The number of carbonyl (C=O) groups is 3. The molecule has 0 radical (unpaired) electrons. The molecule has 0 spiro atoms. The van der Waals surface area contributed by atoms with Gasteiger partial charge < -0.3 is 14.2 Å². The van der Waals surface area contributed by atoms with E-state index < -0.39 is 6.10 Å². The first kappa shape index (κ1) is 61.1. The summed E-state index contributed by atoms with van der Waals surface area (Å²) in [5.41, 5.74) is 0. The van der Waals surface area contributed by atoms with Crippen LogP contribution < -0.4 is 0 Å². The van der Waals surface area contributed by atoms with Gasteiger partial charge in [0.25, 0.3) is 0 Å². The topological polar surface area (TPSA) is 78.9 Å². The molecule has 6 nitrogen and oxygen atoms in total. The normalized spacial score (nSPS) is 12.5. The molecule has 0 aromatic heterocycles. The zero-order valence-corrected chi connectivity index (χ0v) is 42.3. The lowest BCUT2D eigenvalue weighted by Crippen LogP contribution is -2.30. The lowest BCUT2D eigenvalue weighted by Gasteiger charge is -2.18. The van der Waals surface area contributed by atoms with Crippen molar-refractivity contribution in [3.8, 4) is 0 Å². The zero-order valence-electron chi connectivity index (χ0n) is 42.3. The predicted molar refractivity (Wildman–Crippen MR) is 275 cm³/mol. The summed E-state index contributed by atoms with van der Waals surface area (Å²) in [5, 5.41) is 0. The average Bonchev–Trinajstić information content (AvgIpc) is 3.29. The largest absolute Gasteiger partial charge is 0.462 e. The van der Waals surface area contributed by atoms with Gasteiger partial charge in [0.2, 0.25) is 0 Å². The Morgan fingerprint density at radius 1 is 0.312 bits per heavy atom. The van der Waals surface area contributed by atoms with Crippen molar-refractivity contribution in [2.24, 2.45) is 0 Å². The molecule has 0 aromatic rings. The molecule has 0 saturated heterocycles. The van der Waals surface area contributed by atoms with Crippen molar-refractivity contribution in [1.82, 2.24) is 0 Å². The Labute approximate surface area is 396 Å². The number of ether oxygens (including phenoxy) is 3. The highest BCUT2D eigenvalue weighted by Gasteiger charge is 2.19. The maximum Gasteiger partial charge on any atom is 0.306 e. The van der Waals surface area contributed by atoms with Gasteiger partial charge in [0.1, 0.15) is 13.2 Å². The number of allylic oxidation sites excluding steroid dienone is 10. The second-order valence-corrected chi connectivity index (χ2v) is 18.1. The van der Waals surface area contributed by atoms with Crippen LogP contribution in [0.3, 0.4) is 0 Å². The van der Waals surface area contributed by atoms with E-state index in [-0.39, 0.29) is 37.5 Å². The fourth-order valence-corrected chi connectivity index (χ4v) is 7.61. The van der Waals surface area contributed by atoms with Crippen LogP contribution in [-0.4, -0.2) is 37.2 Å². The minimum atomic E-state index is -0.798. The van der Waals surface area contributed by atoms with Crippen molar-refractivity contribution in [2.45, 2.75) is 277 Å². The third-order valence-corrected chi connectivity index (χ3v) is 11.7. The molecule has 0 aromatic carbocycles. The van der Waals surface area contributed by atoms with E-state index in [0.29, 0.717) is 19.3 Å². The predicted octanol–water partition coefficient (Wildman–Crippen LogP) is 18.0. The fraction of sp³-hybridized carbons (Fsp3) is 0.776. The van der Waals surface area contributed by atoms with E-state index in [1.807, 2.05) is 0 Å². The Morgan fingerprint density at radius 3 is 0.984 bits per heavy atom. The molecule has 0 N–H and O–H groups in total. The Morgan fingerprint density at radius 2 is 0.578 bits per heavy atom. The molecule has 0 amide bonds. The van der Waals surface area contributed by atoms with Crippen LogP contribution in [0.4, 0.5) is 0 Å². The number of esters is 3. The molecule has 6 heteroatoms. The van der Waals surface area contributed by atoms with Crippen LogP contribution in [-0.2, 0) is 28.6 Å². The average molecular weight is 895 g/mol. The molecule has 0 aliphatic carbocycles. The Hall–Kier alpha value is -2.89. The van der Waals surface area contributed by atoms with Gasteiger partial charge in [-0.3, -0.25) is 14.4 Å². The van der Waals surface area contributed by atoms with Gasteiger partial charge in [-0.25, -0.2) is 0 Å². The van der Waals surface area contributed by atoms with Crippen molar-refractivity contribution in [2.75, 3.05) is 13.2 Å². The molecule has 0 saturated carbocycles. The van der Waals surface area contributed by atoms with Gasteiger partial charge in [-0.05, 0) is 83.5 Å². The number of unbranched alkanes of at least 4 members (excludes halogenated alkanes) is 28. The van der Waals surface area contributed by atoms with E-state index in [9.17, 15) is 14.4 Å². The highest BCUT2D eigenvalue weighted by molar-refractivity contribution is 5.71. The highest BCUT2D eigenvalue weighted by Crippen LogP contribution is 2.15. The maximum atomic E-state index is 12.8. The number of carbonyl (C=O) groups excluding carboxylic acids is 3. The SMILES string of the molecule is CCCCC/C=C\C/C=C\C/C=C\C/C=C\CCCC(=O)OCC(COC(=O)CCCCCCCCCCCCCCC)OC(=O)CCCCCCC/C=C\CCCCCCCCC. The van der Waals surface area contributed by atoms with Gasteiger partial charge in [0.15, 0.2) is 6.10 Å². The molecule has 64 heavy (non-hydrogen) atoms. The minimum absolute atomic E-state index is 0.0923. The van der Waals surface area contributed by atoms with Crippen LogP contribution in [0.2, 0.25) is 0 Å². The molecule has 1 unspecified atom stereocenters. The van der Waals surface area contributed by atoms with E-state index in [2.05, 4.69) is 81.5 Å². The van der Waals surface area contributed by atoms with E-state index in [4.69, 9.17) is 14.2 Å². The number of hydrogen-bond acceptors (Lipinski definition) is 6. The summed E-state index contributed by atoms with van der Waals surface area (Å²) in [6, 6.07) is 0. The van der Waals surface area contributed by atoms with Crippen LogP contribution in [0.25, 0.3) is 0 Å². The van der Waals surface area contributed by atoms with Gasteiger partial charge in [-0.15, -0.1) is 0 Å². The van der Waals surface area contributed by atoms with Crippen LogP contribution >= 0.6 is 0 Å². The van der Waals surface area contributed by atoms with Crippen LogP contribution in [0.15, 0.2) is 60.8 Å². The summed E-state index contributed by atoms with van der Waals surface area (Å²) in [6.07, 6.45) is 64.9. The Bertz CT molecular complexity index is 1170. The molecule has 370 valence electrons. The number of hydrogen-bond donors (Lipinski definition) is 0. The quantitative estimate of drug-likeness (QED) is 0.0262. The molecule has 0 bridgehead atoms. The lowest BCUT2D eigenvalue weighted by molar-refractivity contribution is -0.167. The molecule has 1 atom stereocenters. The monoisotopic (exact) mass is 895 g/mol. The standard InChI is InChI=1S/C58H102O6/c1-4-7-10-13-16-19-22-25-27-29-31-33-36-39-42-45-48-51-57(60)63-54-55(53-62-56(59)50-47-44-41-38-35-32-24-21-18-15-12-9-6-3)64-58(61)52-49-46-43-40-37-34-30-28-26-23-20-17-14-11-8-5-2/h16,19,25,27-28,30-31,33,39,42,55H,4-15,17-18,20-24,26,29,32,34-38,40-41,43-54H2,1-3H3/b19-16-,27-25-,30-28-,33-31-,42-39-. The van der Waals surface area contributed by atoms with E-state index >= 15 is 0 Å². The van der Waals surface area contributed by atoms with Gasteiger partial charge in [0.05, 0.1) is 0 Å². The summed E-state index contributed by atoms with van der Waals surface area (Å²) in [5.74, 6) is -0.951. The maximum absolute atomic E-state index is 12.8. The van der Waals surface area contributed by atoms with Gasteiger partial charge in [-0.2, -0.15) is 0 Å². The van der Waals surface area contributed by atoms with Crippen molar-refractivity contribution in [1.29, 1.82) is 0 Å². The van der Waals surface area contributed by atoms with Gasteiger partial charge >= 0.3 is 17.9 Å². The Balaban J connectivity index is 4.46. The van der Waals surface area contributed by atoms with Crippen molar-refractivity contribution < 1.29 is 28.6 Å². The molecule has 0 heterocycles. The first-order chi connectivity index (χ1) is 31.5. The number of rotatable bonds is 49. The van der Waals surface area contributed by atoms with Crippen LogP contribution in [0.1, 0.15) is 271 Å². The van der Waals surface area contributed by atoms with Crippen molar-refractivity contribution in [3.05, 3.63) is 60.8 Å². The zero-order chi connectivity index (χ0) is 46.5. The van der Waals surface area contributed by atoms with Crippen molar-refractivity contribution in [3.63, 3.8) is 0 Å². The van der Waals surface area contributed by atoms with Crippen molar-refractivity contribution >= 4 is 17.9 Å². The fourth-order valence-electron chi connectivity index (χ4n) is 7.61. The highest BCUT2D eigenvalue weighted by atomic mass is 16.6. The molecule has 0 aliphatic heterocycles. The molecule has 0 fully saturated rings. The molecule has 0 rings (SSSR count). The first-order valence-corrected chi connectivity index (χ1v) is 27.3. The van der Waals surface area contributed by atoms with E-state index in [1.54, 1.807) is 0 Å². The Kier molecular flexibility index (Phi) is 50.4. The summed E-state index contributed by atoms with van der Waals surface area (Å²) in [7, 11) is 0. The second-order valence-electron chi connectivity index (χ2n) is 18.1. The second kappa shape index (κ2) is 52.7. The third kappa shape index (κ3) is 50.1. The van der Waals surface area contributed by atoms with Crippen LogP contribution in [0.5, 0.6) is 0 Å². The molecular weight excluding hydrogens is 793 g/mol. The molecular formula is C58H102O6. The minimum Gasteiger partial charge on any atom is -0.462 e. The summed E-state index contributed by atoms with van der Waals surface area (Å²) >= 11 is 0. The smallest absolute Gasteiger partial charge is 0.306 e. The first-order valence-electron chi connectivity index (χ1n) is 27.3. The summed E-state index contributed by atoms with van der Waals surface area (Å²) in [6.45, 7) is 6.57. The third-order valence-electron chi connectivity index (χ3n) is 11.7. The lowest BCUT2D eigenvalue weighted by atomic mass is 10.0. The van der Waals surface area contributed by atoms with Crippen LogP contribution in [0, 0.1) is 0 Å². The van der Waals surface area contributed by atoms with E-state index in [0.717, 1.165) is 77.0 Å². The summed E-state index contributed by atoms with van der Waals surface area (Å²) in [4.78, 5) is 38.0. The van der Waals surface area contributed by atoms with E-state index in [1.165, 1.54) is 148 Å². The van der Waals surface area contributed by atoms with Gasteiger partial charge in [0, 0.05) is 19.3 Å².